The smallest absolute Gasteiger partial charge is 0.267 e. The first-order valence-corrected chi connectivity index (χ1v) is 7.51. The number of halogens is 4. The normalized spacial score (nSPS) is 11.5. The Labute approximate surface area is 124 Å². The fourth-order valence-electron chi connectivity index (χ4n) is 1.67. The highest BCUT2D eigenvalue weighted by molar-refractivity contribution is 7.92. The first-order chi connectivity index (χ1) is 9.72. The highest BCUT2D eigenvalue weighted by Crippen LogP contribution is 2.28. The van der Waals surface area contributed by atoms with Crippen molar-refractivity contribution < 1.29 is 21.6 Å². The van der Waals surface area contributed by atoms with Crippen LogP contribution in [-0.2, 0) is 10.0 Å². The molecule has 0 fully saturated rings. The predicted molar refractivity (Wildman–Crippen MR) is 73.3 cm³/mol. The number of rotatable bonds is 3. The van der Waals surface area contributed by atoms with Gasteiger partial charge in [0.2, 0.25) is 0 Å². The van der Waals surface area contributed by atoms with E-state index in [1.165, 1.54) is 6.92 Å². The number of benzene rings is 2. The summed E-state index contributed by atoms with van der Waals surface area (Å²) in [6, 6.07) is 4.71. The first-order valence-electron chi connectivity index (χ1n) is 5.65. The van der Waals surface area contributed by atoms with Gasteiger partial charge in [0.15, 0.2) is 4.90 Å². The first kappa shape index (κ1) is 15.7. The van der Waals surface area contributed by atoms with Gasteiger partial charge in [0, 0.05) is 0 Å². The van der Waals surface area contributed by atoms with E-state index in [0.29, 0.717) is 0 Å². The quantitative estimate of drug-likeness (QED) is 0.925. The Balaban J connectivity index is 2.50. The summed E-state index contributed by atoms with van der Waals surface area (Å²) in [4.78, 5) is -1.12. The molecule has 0 saturated carbocycles. The van der Waals surface area contributed by atoms with E-state index in [1.807, 2.05) is 4.72 Å². The lowest BCUT2D eigenvalue weighted by Gasteiger charge is -2.12. The standard InChI is InChI=1S/C13H9ClF3NO2S/c1-7-5-12(8(14)6-11(7)17)18-21(19,20)13-9(15)3-2-4-10(13)16/h2-6,18H,1H3. The van der Waals surface area contributed by atoms with Gasteiger partial charge in [-0.3, -0.25) is 4.72 Å². The summed E-state index contributed by atoms with van der Waals surface area (Å²) in [5.74, 6) is -3.10. The van der Waals surface area contributed by atoms with Gasteiger partial charge in [0.25, 0.3) is 10.0 Å². The molecule has 2 aromatic rings. The highest BCUT2D eigenvalue weighted by atomic mass is 35.5. The third-order valence-electron chi connectivity index (χ3n) is 2.68. The summed E-state index contributed by atoms with van der Waals surface area (Å²) in [5.41, 5.74) is -0.0377. The Morgan fingerprint density at radius 3 is 2.19 bits per heavy atom. The molecule has 112 valence electrons. The Bertz CT molecular complexity index is 789. The summed E-state index contributed by atoms with van der Waals surface area (Å²) >= 11 is 5.72. The lowest BCUT2D eigenvalue weighted by atomic mass is 10.2. The van der Waals surface area contributed by atoms with Gasteiger partial charge >= 0.3 is 0 Å². The van der Waals surface area contributed by atoms with Gasteiger partial charge in [-0.1, -0.05) is 17.7 Å². The number of hydrogen-bond acceptors (Lipinski definition) is 2. The van der Waals surface area contributed by atoms with Gasteiger partial charge in [-0.15, -0.1) is 0 Å². The molecule has 21 heavy (non-hydrogen) atoms. The molecule has 0 radical (unpaired) electrons. The lowest BCUT2D eigenvalue weighted by Crippen LogP contribution is -2.17. The molecular formula is C13H9ClF3NO2S. The Morgan fingerprint density at radius 2 is 1.62 bits per heavy atom. The molecule has 0 aromatic heterocycles. The maximum Gasteiger partial charge on any atom is 0.267 e. The molecule has 0 atom stereocenters. The minimum Gasteiger partial charge on any atom is -0.278 e. The molecule has 3 nitrogen and oxygen atoms in total. The monoisotopic (exact) mass is 335 g/mol. The summed E-state index contributed by atoms with van der Waals surface area (Å²) < 4.78 is 66.4. The van der Waals surface area contributed by atoms with Crippen molar-refractivity contribution >= 4 is 27.3 Å². The van der Waals surface area contributed by atoms with Crippen molar-refractivity contribution in [3.63, 3.8) is 0 Å². The van der Waals surface area contributed by atoms with Crippen LogP contribution in [0.4, 0.5) is 18.9 Å². The van der Waals surface area contributed by atoms with Crippen LogP contribution in [-0.4, -0.2) is 8.42 Å². The number of nitrogens with one attached hydrogen (secondary N) is 1. The van der Waals surface area contributed by atoms with E-state index in [-0.39, 0.29) is 16.3 Å². The summed E-state index contributed by atoms with van der Waals surface area (Å²) in [7, 11) is -4.53. The molecule has 0 bridgehead atoms. The fourth-order valence-corrected chi connectivity index (χ4v) is 3.13. The summed E-state index contributed by atoms with van der Waals surface area (Å²) in [6.07, 6.45) is 0. The van der Waals surface area contributed by atoms with E-state index in [4.69, 9.17) is 11.6 Å². The minimum absolute atomic E-state index is 0.131. The number of aryl methyl sites for hydroxylation is 1. The third-order valence-corrected chi connectivity index (χ3v) is 4.41. The van der Waals surface area contributed by atoms with Crippen LogP contribution in [0.3, 0.4) is 0 Å². The summed E-state index contributed by atoms with van der Waals surface area (Å²) in [5, 5.41) is -0.224. The zero-order valence-electron chi connectivity index (χ0n) is 10.6. The average Bonchev–Trinajstić information content (AvgIpc) is 2.35. The second kappa shape index (κ2) is 5.57. The van der Waals surface area contributed by atoms with Gasteiger partial charge in [-0.2, -0.15) is 0 Å². The Kier molecular flexibility index (Phi) is 4.15. The van der Waals surface area contributed by atoms with E-state index in [9.17, 15) is 21.6 Å². The van der Waals surface area contributed by atoms with Crippen molar-refractivity contribution in [1.29, 1.82) is 0 Å². The second-order valence-electron chi connectivity index (χ2n) is 4.24. The van der Waals surface area contributed by atoms with Gasteiger partial charge in [0.1, 0.15) is 17.5 Å². The molecule has 0 aliphatic rings. The zero-order chi connectivity index (χ0) is 15.8. The highest BCUT2D eigenvalue weighted by Gasteiger charge is 2.24. The van der Waals surface area contributed by atoms with Crippen molar-refractivity contribution in [1.82, 2.24) is 0 Å². The molecule has 0 saturated heterocycles. The largest absolute Gasteiger partial charge is 0.278 e. The lowest BCUT2D eigenvalue weighted by molar-refractivity contribution is 0.521. The van der Waals surface area contributed by atoms with E-state index in [0.717, 1.165) is 30.3 Å². The van der Waals surface area contributed by atoms with Crippen LogP contribution < -0.4 is 4.72 Å². The minimum atomic E-state index is -4.53. The Morgan fingerprint density at radius 1 is 1.05 bits per heavy atom. The second-order valence-corrected chi connectivity index (χ2v) is 6.26. The summed E-state index contributed by atoms with van der Waals surface area (Å²) in [6.45, 7) is 1.40. The van der Waals surface area contributed by atoms with Crippen molar-refractivity contribution in [2.45, 2.75) is 11.8 Å². The third kappa shape index (κ3) is 3.14. The fraction of sp³-hybridized carbons (Fsp3) is 0.0769. The topological polar surface area (TPSA) is 46.2 Å². The molecule has 0 amide bonds. The van der Waals surface area contributed by atoms with Crippen molar-refractivity contribution in [2.75, 3.05) is 4.72 Å². The molecule has 0 aliphatic carbocycles. The predicted octanol–water partition coefficient (Wildman–Crippen LogP) is 3.87. The van der Waals surface area contributed by atoms with E-state index >= 15 is 0 Å². The van der Waals surface area contributed by atoms with Crippen molar-refractivity contribution in [2.24, 2.45) is 0 Å². The molecule has 0 unspecified atom stereocenters. The van der Waals surface area contributed by atoms with Crippen LogP contribution in [0.15, 0.2) is 35.2 Å². The van der Waals surface area contributed by atoms with Crippen LogP contribution in [0.2, 0.25) is 5.02 Å². The SMILES string of the molecule is Cc1cc(NS(=O)(=O)c2c(F)cccc2F)c(Cl)cc1F. The molecular weight excluding hydrogens is 327 g/mol. The van der Waals surface area contributed by atoms with Gasteiger partial charge in [-0.05, 0) is 36.8 Å². The van der Waals surface area contributed by atoms with Crippen LogP contribution in [0.1, 0.15) is 5.56 Å². The molecule has 0 aliphatic heterocycles. The molecule has 0 spiro atoms. The van der Waals surface area contributed by atoms with E-state index in [2.05, 4.69) is 0 Å². The maximum atomic E-state index is 13.5. The zero-order valence-corrected chi connectivity index (χ0v) is 12.2. The van der Waals surface area contributed by atoms with E-state index < -0.39 is 32.4 Å². The maximum absolute atomic E-state index is 13.5. The average molecular weight is 336 g/mol. The molecule has 8 heteroatoms. The molecule has 2 rings (SSSR count). The van der Waals surface area contributed by atoms with Crippen LogP contribution in [0, 0.1) is 24.4 Å². The molecule has 1 N–H and O–H groups in total. The molecule has 2 aromatic carbocycles. The number of anilines is 1. The number of sulfonamides is 1. The Hall–Kier alpha value is -1.73. The van der Waals surface area contributed by atoms with Crippen LogP contribution >= 0.6 is 11.6 Å². The van der Waals surface area contributed by atoms with Gasteiger partial charge in [-0.25, -0.2) is 21.6 Å². The van der Waals surface area contributed by atoms with Crippen LogP contribution in [0.5, 0.6) is 0 Å². The number of hydrogen-bond donors (Lipinski definition) is 1. The van der Waals surface area contributed by atoms with Crippen LogP contribution in [0.25, 0.3) is 0 Å². The van der Waals surface area contributed by atoms with Gasteiger partial charge in [0.05, 0.1) is 10.7 Å². The van der Waals surface area contributed by atoms with Gasteiger partial charge < -0.3 is 0 Å². The molecule has 0 heterocycles. The van der Waals surface area contributed by atoms with Crippen molar-refractivity contribution in [3.8, 4) is 0 Å². The van der Waals surface area contributed by atoms with Crippen molar-refractivity contribution in [3.05, 3.63) is 58.4 Å². The van der Waals surface area contributed by atoms with E-state index in [1.54, 1.807) is 0 Å².